The second-order valence-corrected chi connectivity index (χ2v) is 2.55. The molecule has 0 saturated carbocycles. The van der Waals surface area contributed by atoms with Crippen molar-refractivity contribution < 1.29 is 4.79 Å². The van der Waals surface area contributed by atoms with Crippen LogP contribution in [0.25, 0.3) is 0 Å². The topological polar surface area (TPSA) is 46.3 Å². The third-order valence-electron chi connectivity index (χ3n) is 1.02. The van der Waals surface area contributed by atoms with E-state index in [1.165, 1.54) is 4.90 Å². The van der Waals surface area contributed by atoms with Crippen molar-refractivity contribution in [1.82, 2.24) is 4.90 Å². The molecule has 4 heteroatoms. The molecule has 58 valence electrons. The molecule has 0 atom stereocenters. The standard InChI is InChI=1S/C6H11BrN2O/c1-2-4-9(5-3-7)6(8)10/h2H,1,3-5H2,(H2,8,10). The molecular weight excluding hydrogens is 196 g/mol. The van der Waals surface area contributed by atoms with Gasteiger partial charge < -0.3 is 10.6 Å². The van der Waals surface area contributed by atoms with Crippen LogP contribution < -0.4 is 5.73 Å². The number of urea groups is 1. The Bertz CT molecular complexity index is 127. The lowest BCUT2D eigenvalue weighted by molar-refractivity contribution is 0.216. The van der Waals surface area contributed by atoms with Gasteiger partial charge in [0.2, 0.25) is 0 Å². The van der Waals surface area contributed by atoms with Crippen molar-refractivity contribution >= 4 is 22.0 Å². The Labute approximate surface area is 69.0 Å². The lowest BCUT2D eigenvalue weighted by atomic mass is 10.5. The second kappa shape index (κ2) is 5.29. The maximum Gasteiger partial charge on any atom is 0.315 e. The molecular formula is C6H11BrN2O. The number of hydrogen-bond acceptors (Lipinski definition) is 1. The highest BCUT2D eigenvalue weighted by Gasteiger charge is 2.04. The highest BCUT2D eigenvalue weighted by molar-refractivity contribution is 9.09. The average Bonchev–Trinajstić information content (AvgIpc) is 1.87. The lowest BCUT2D eigenvalue weighted by Gasteiger charge is -2.15. The van der Waals surface area contributed by atoms with Gasteiger partial charge in [-0.3, -0.25) is 0 Å². The minimum atomic E-state index is -0.403. The summed E-state index contributed by atoms with van der Waals surface area (Å²) in [5.41, 5.74) is 5.03. The number of amides is 2. The Kier molecular flexibility index (Phi) is 5.02. The summed E-state index contributed by atoms with van der Waals surface area (Å²) >= 11 is 3.20. The van der Waals surface area contributed by atoms with E-state index in [-0.39, 0.29) is 0 Å². The predicted molar refractivity (Wildman–Crippen MR) is 45.1 cm³/mol. The Morgan fingerprint density at radius 2 is 2.40 bits per heavy atom. The smallest absolute Gasteiger partial charge is 0.315 e. The van der Waals surface area contributed by atoms with E-state index in [1.807, 2.05) is 0 Å². The number of carbonyl (C=O) groups excluding carboxylic acids is 1. The van der Waals surface area contributed by atoms with E-state index >= 15 is 0 Å². The summed E-state index contributed by atoms with van der Waals surface area (Å²) in [4.78, 5) is 12.1. The summed E-state index contributed by atoms with van der Waals surface area (Å²) in [6.45, 7) is 4.64. The number of nitrogens with two attached hydrogens (primary N) is 1. The van der Waals surface area contributed by atoms with Gasteiger partial charge in [-0.1, -0.05) is 22.0 Å². The number of nitrogens with zero attached hydrogens (tertiary/aromatic N) is 1. The fourth-order valence-electron chi connectivity index (χ4n) is 0.549. The lowest BCUT2D eigenvalue weighted by Crippen LogP contribution is -2.37. The molecule has 0 saturated heterocycles. The Balaban J connectivity index is 3.71. The van der Waals surface area contributed by atoms with Crippen molar-refractivity contribution in [2.24, 2.45) is 5.73 Å². The molecule has 3 nitrogen and oxygen atoms in total. The molecule has 0 radical (unpaired) electrons. The average molecular weight is 207 g/mol. The van der Waals surface area contributed by atoms with Crippen LogP contribution in [-0.4, -0.2) is 29.4 Å². The summed E-state index contributed by atoms with van der Waals surface area (Å²) in [6, 6.07) is -0.403. The minimum absolute atomic E-state index is 0.403. The maximum atomic E-state index is 10.6. The van der Waals surface area contributed by atoms with Crippen molar-refractivity contribution in [2.75, 3.05) is 18.4 Å². The minimum Gasteiger partial charge on any atom is -0.351 e. The maximum absolute atomic E-state index is 10.6. The van der Waals surface area contributed by atoms with Gasteiger partial charge in [-0.2, -0.15) is 0 Å². The SMILES string of the molecule is C=CCN(CCBr)C(N)=O. The third kappa shape index (κ3) is 3.50. The molecule has 0 aromatic rings. The van der Waals surface area contributed by atoms with Crippen LogP contribution in [0, 0.1) is 0 Å². The van der Waals surface area contributed by atoms with Gasteiger partial charge in [-0.25, -0.2) is 4.79 Å². The van der Waals surface area contributed by atoms with Crippen molar-refractivity contribution in [3.63, 3.8) is 0 Å². The van der Waals surface area contributed by atoms with Gasteiger partial charge in [0, 0.05) is 18.4 Å². The zero-order valence-corrected chi connectivity index (χ0v) is 7.30. The molecule has 0 spiro atoms. The first-order chi connectivity index (χ1) is 4.72. The number of hydrogen-bond donors (Lipinski definition) is 1. The van der Waals surface area contributed by atoms with Crippen molar-refractivity contribution in [1.29, 1.82) is 0 Å². The molecule has 0 fully saturated rings. The first-order valence-electron chi connectivity index (χ1n) is 2.93. The van der Waals surface area contributed by atoms with Gasteiger partial charge in [-0.05, 0) is 0 Å². The second-order valence-electron chi connectivity index (χ2n) is 1.76. The molecule has 2 N–H and O–H groups in total. The fourth-order valence-corrected chi connectivity index (χ4v) is 0.977. The van der Waals surface area contributed by atoms with Crippen LogP contribution in [0.2, 0.25) is 0 Å². The van der Waals surface area contributed by atoms with Crippen LogP contribution in [-0.2, 0) is 0 Å². The van der Waals surface area contributed by atoms with E-state index < -0.39 is 6.03 Å². The van der Waals surface area contributed by atoms with Crippen molar-refractivity contribution in [3.8, 4) is 0 Å². The number of alkyl halides is 1. The number of primary amides is 1. The van der Waals surface area contributed by atoms with E-state index in [1.54, 1.807) is 6.08 Å². The van der Waals surface area contributed by atoms with Gasteiger partial charge >= 0.3 is 6.03 Å². The van der Waals surface area contributed by atoms with Gasteiger partial charge in [0.1, 0.15) is 0 Å². The Hall–Kier alpha value is -0.510. The summed E-state index contributed by atoms with van der Waals surface area (Å²) in [5, 5.41) is 0.740. The van der Waals surface area contributed by atoms with E-state index in [9.17, 15) is 4.79 Å². The zero-order chi connectivity index (χ0) is 7.98. The summed E-state index contributed by atoms with van der Waals surface area (Å²) in [7, 11) is 0. The van der Waals surface area contributed by atoms with Crippen LogP contribution in [0.15, 0.2) is 12.7 Å². The largest absolute Gasteiger partial charge is 0.351 e. The zero-order valence-electron chi connectivity index (χ0n) is 5.72. The molecule has 2 amide bonds. The molecule has 10 heavy (non-hydrogen) atoms. The van der Waals surface area contributed by atoms with Gasteiger partial charge in [-0.15, -0.1) is 6.58 Å². The monoisotopic (exact) mass is 206 g/mol. The summed E-state index contributed by atoms with van der Waals surface area (Å²) in [6.07, 6.45) is 1.65. The van der Waals surface area contributed by atoms with E-state index in [0.717, 1.165) is 5.33 Å². The van der Waals surface area contributed by atoms with Crippen molar-refractivity contribution in [2.45, 2.75) is 0 Å². The molecule has 0 bridgehead atoms. The number of rotatable bonds is 4. The molecule has 0 aliphatic carbocycles. The first kappa shape index (κ1) is 9.49. The first-order valence-corrected chi connectivity index (χ1v) is 4.05. The van der Waals surface area contributed by atoms with Crippen LogP contribution >= 0.6 is 15.9 Å². The van der Waals surface area contributed by atoms with Gasteiger partial charge in [0.05, 0.1) is 0 Å². The van der Waals surface area contributed by atoms with Crippen LogP contribution in [0.1, 0.15) is 0 Å². The molecule has 0 rings (SSSR count). The van der Waals surface area contributed by atoms with Crippen LogP contribution in [0.3, 0.4) is 0 Å². The number of carbonyl (C=O) groups is 1. The molecule has 0 aromatic heterocycles. The number of halogens is 1. The molecule has 0 aliphatic heterocycles. The van der Waals surface area contributed by atoms with E-state index in [4.69, 9.17) is 5.73 Å². The molecule has 0 unspecified atom stereocenters. The fraction of sp³-hybridized carbons (Fsp3) is 0.500. The highest BCUT2D eigenvalue weighted by Crippen LogP contribution is 1.90. The molecule has 0 heterocycles. The summed E-state index contributed by atoms with van der Waals surface area (Å²) in [5.74, 6) is 0. The third-order valence-corrected chi connectivity index (χ3v) is 1.37. The van der Waals surface area contributed by atoms with Gasteiger partial charge in [0.15, 0.2) is 0 Å². The van der Waals surface area contributed by atoms with Crippen LogP contribution in [0.4, 0.5) is 4.79 Å². The molecule has 0 aromatic carbocycles. The molecule has 0 aliphatic rings. The van der Waals surface area contributed by atoms with E-state index in [0.29, 0.717) is 13.1 Å². The quantitative estimate of drug-likeness (QED) is 0.541. The predicted octanol–water partition coefficient (Wildman–Crippen LogP) is 0.948. The Morgan fingerprint density at radius 3 is 2.70 bits per heavy atom. The van der Waals surface area contributed by atoms with Gasteiger partial charge in [0.25, 0.3) is 0 Å². The van der Waals surface area contributed by atoms with Crippen LogP contribution in [0.5, 0.6) is 0 Å². The normalized spacial score (nSPS) is 8.90. The van der Waals surface area contributed by atoms with Crippen molar-refractivity contribution in [3.05, 3.63) is 12.7 Å². The Morgan fingerprint density at radius 1 is 1.80 bits per heavy atom. The highest BCUT2D eigenvalue weighted by atomic mass is 79.9. The summed E-state index contributed by atoms with van der Waals surface area (Å²) < 4.78 is 0. The van der Waals surface area contributed by atoms with E-state index in [2.05, 4.69) is 22.5 Å².